The summed E-state index contributed by atoms with van der Waals surface area (Å²) in [5, 5.41) is 4.05. The van der Waals surface area contributed by atoms with E-state index >= 15 is 0 Å². The third-order valence-corrected chi connectivity index (χ3v) is 5.52. The average molecular weight is 378 g/mol. The maximum atomic E-state index is 12.8. The fraction of sp³-hybridized carbons (Fsp3) is 0.409. The van der Waals surface area contributed by atoms with Crippen LogP contribution in [0.5, 0.6) is 0 Å². The molecule has 1 N–H and O–H groups in total. The van der Waals surface area contributed by atoms with E-state index in [0.29, 0.717) is 24.6 Å². The first kappa shape index (κ1) is 18.5. The largest absolute Gasteiger partial charge is 0.443 e. The van der Waals surface area contributed by atoms with E-state index < -0.39 is 0 Å². The lowest BCUT2D eigenvalue weighted by atomic mass is 9.96. The Labute approximate surface area is 165 Å². The molecule has 1 amide bonds. The van der Waals surface area contributed by atoms with Crippen molar-refractivity contribution in [1.82, 2.24) is 15.3 Å². The molecule has 1 saturated heterocycles. The van der Waals surface area contributed by atoms with E-state index in [1.54, 1.807) is 0 Å². The Balaban J connectivity index is 1.52. The first-order valence-electron chi connectivity index (χ1n) is 9.84. The smallest absolute Gasteiger partial charge is 0.231 e. The van der Waals surface area contributed by atoms with Crippen LogP contribution in [0.25, 0.3) is 11.1 Å². The number of fused-ring (bicyclic) bond motifs is 1. The summed E-state index contributed by atoms with van der Waals surface area (Å²) >= 11 is 0. The van der Waals surface area contributed by atoms with Crippen molar-refractivity contribution in [3.05, 3.63) is 53.0 Å². The number of nitrogens with one attached hydrogen (secondary N) is 1. The maximum Gasteiger partial charge on any atom is 0.231 e. The highest BCUT2D eigenvalue weighted by atomic mass is 16.3. The Bertz CT molecular complexity index is 997. The lowest BCUT2D eigenvalue weighted by molar-refractivity contribution is -0.125. The zero-order chi connectivity index (χ0) is 19.7. The summed E-state index contributed by atoms with van der Waals surface area (Å²) in [5.41, 5.74) is 2.81. The fourth-order valence-corrected chi connectivity index (χ4v) is 3.87. The van der Waals surface area contributed by atoms with Crippen molar-refractivity contribution in [3.63, 3.8) is 0 Å². The van der Waals surface area contributed by atoms with E-state index in [9.17, 15) is 4.79 Å². The van der Waals surface area contributed by atoms with Gasteiger partial charge in [0.15, 0.2) is 0 Å². The summed E-state index contributed by atoms with van der Waals surface area (Å²) in [6.07, 6.45) is 1.86. The van der Waals surface area contributed by atoms with Crippen LogP contribution in [0.2, 0.25) is 0 Å². The Morgan fingerprint density at radius 2 is 2.00 bits per heavy atom. The quantitative estimate of drug-likeness (QED) is 0.750. The number of aryl methyl sites for hydroxylation is 3. The van der Waals surface area contributed by atoms with Gasteiger partial charge in [-0.1, -0.05) is 30.3 Å². The van der Waals surface area contributed by atoms with Gasteiger partial charge in [-0.25, -0.2) is 4.98 Å². The minimum atomic E-state index is -0.0453. The third kappa shape index (κ3) is 3.59. The topological polar surface area (TPSA) is 71.3 Å². The highest BCUT2D eigenvalue weighted by Crippen LogP contribution is 2.33. The number of rotatable bonds is 4. The molecular weight excluding hydrogens is 352 g/mol. The molecule has 1 aliphatic heterocycles. The average Bonchev–Trinajstić information content (AvgIpc) is 3.00. The number of hydrogen-bond acceptors (Lipinski definition) is 5. The normalized spacial score (nSPS) is 17.1. The summed E-state index contributed by atoms with van der Waals surface area (Å²) in [7, 11) is 0. The molecule has 146 valence electrons. The van der Waals surface area contributed by atoms with E-state index in [-0.39, 0.29) is 11.8 Å². The van der Waals surface area contributed by atoms with Crippen LogP contribution in [0.4, 0.5) is 5.82 Å². The van der Waals surface area contributed by atoms with Crippen LogP contribution in [-0.2, 0) is 11.3 Å². The number of carbonyl (C=O) groups excluding carboxylic acids is 1. The van der Waals surface area contributed by atoms with Gasteiger partial charge in [-0.2, -0.15) is 4.98 Å². The second kappa shape index (κ2) is 7.62. The molecule has 6 heteroatoms. The lowest BCUT2D eigenvalue weighted by Crippen LogP contribution is -2.43. The van der Waals surface area contributed by atoms with Crippen molar-refractivity contribution < 1.29 is 9.21 Å². The number of carbonyl (C=O) groups is 1. The zero-order valence-corrected chi connectivity index (χ0v) is 16.7. The van der Waals surface area contributed by atoms with Crippen molar-refractivity contribution in [1.29, 1.82) is 0 Å². The minimum absolute atomic E-state index is 0.0453. The molecule has 1 fully saturated rings. The lowest BCUT2D eigenvalue weighted by Gasteiger charge is -2.33. The number of piperidine rings is 1. The summed E-state index contributed by atoms with van der Waals surface area (Å²) in [6.45, 7) is 7.98. The molecule has 3 aromatic rings. The Kier molecular flexibility index (Phi) is 5.03. The maximum absolute atomic E-state index is 12.8. The van der Waals surface area contributed by atoms with E-state index in [0.717, 1.165) is 47.5 Å². The molecule has 2 aromatic heterocycles. The predicted octanol–water partition coefficient (Wildman–Crippen LogP) is 3.68. The van der Waals surface area contributed by atoms with Crippen LogP contribution in [0.3, 0.4) is 0 Å². The minimum Gasteiger partial charge on any atom is -0.443 e. The third-order valence-electron chi connectivity index (χ3n) is 5.52. The van der Waals surface area contributed by atoms with E-state index in [1.807, 2.05) is 51.1 Å². The van der Waals surface area contributed by atoms with Crippen LogP contribution >= 0.6 is 0 Å². The van der Waals surface area contributed by atoms with Gasteiger partial charge in [-0.15, -0.1) is 0 Å². The summed E-state index contributed by atoms with van der Waals surface area (Å²) < 4.78 is 5.82. The molecule has 1 atom stereocenters. The summed E-state index contributed by atoms with van der Waals surface area (Å²) in [6, 6.07) is 10.0. The van der Waals surface area contributed by atoms with Crippen molar-refractivity contribution in [2.24, 2.45) is 5.92 Å². The molecule has 6 nitrogen and oxygen atoms in total. The van der Waals surface area contributed by atoms with Gasteiger partial charge in [-0.05, 0) is 39.2 Å². The van der Waals surface area contributed by atoms with Gasteiger partial charge < -0.3 is 14.6 Å². The number of nitrogens with zero attached hydrogens (tertiary/aromatic N) is 3. The van der Waals surface area contributed by atoms with Crippen LogP contribution < -0.4 is 10.2 Å². The number of aromatic nitrogens is 2. The first-order valence-corrected chi connectivity index (χ1v) is 9.84. The molecule has 0 radical (unpaired) electrons. The molecule has 0 unspecified atom stereocenters. The summed E-state index contributed by atoms with van der Waals surface area (Å²) in [4.78, 5) is 24.1. The van der Waals surface area contributed by atoms with E-state index in [1.165, 1.54) is 0 Å². The van der Waals surface area contributed by atoms with E-state index in [2.05, 4.69) is 15.2 Å². The van der Waals surface area contributed by atoms with Gasteiger partial charge in [0.25, 0.3) is 0 Å². The monoisotopic (exact) mass is 378 g/mol. The Morgan fingerprint density at radius 3 is 2.79 bits per heavy atom. The molecular formula is C22H26N4O2. The number of amides is 1. The zero-order valence-electron chi connectivity index (χ0n) is 16.7. The number of anilines is 1. The van der Waals surface area contributed by atoms with Crippen LogP contribution in [0.1, 0.15) is 35.6 Å². The van der Waals surface area contributed by atoms with Crippen molar-refractivity contribution in [2.45, 2.75) is 40.2 Å². The first-order chi connectivity index (χ1) is 13.5. The molecule has 0 spiro atoms. The van der Waals surface area contributed by atoms with Crippen molar-refractivity contribution >= 4 is 22.8 Å². The Hall–Kier alpha value is -2.89. The molecule has 0 bridgehead atoms. The summed E-state index contributed by atoms with van der Waals surface area (Å²) in [5.74, 6) is 2.50. The van der Waals surface area contributed by atoms with Crippen LogP contribution in [0, 0.1) is 26.7 Å². The molecule has 0 saturated carbocycles. The van der Waals surface area contributed by atoms with Gasteiger partial charge in [0.05, 0.1) is 11.3 Å². The molecule has 3 heterocycles. The predicted molar refractivity (Wildman–Crippen MR) is 109 cm³/mol. The molecule has 4 rings (SSSR count). The van der Waals surface area contributed by atoms with Crippen LogP contribution in [0.15, 0.2) is 34.7 Å². The van der Waals surface area contributed by atoms with E-state index in [4.69, 9.17) is 9.40 Å². The van der Waals surface area contributed by atoms with Crippen molar-refractivity contribution in [2.75, 3.05) is 18.0 Å². The SMILES string of the molecule is Cc1nc(N2CCC[C@H](C(=O)NCc3ccccc3)C2)c2c(C)c(C)oc2n1. The highest BCUT2D eigenvalue weighted by molar-refractivity contribution is 5.90. The second-order valence-electron chi connectivity index (χ2n) is 7.55. The van der Waals surface area contributed by atoms with Gasteiger partial charge in [0, 0.05) is 25.2 Å². The number of furan rings is 1. The highest BCUT2D eigenvalue weighted by Gasteiger charge is 2.29. The Morgan fingerprint density at radius 1 is 1.21 bits per heavy atom. The molecule has 0 aliphatic carbocycles. The van der Waals surface area contributed by atoms with Crippen LogP contribution in [-0.4, -0.2) is 29.0 Å². The second-order valence-corrected chi connectivity index (χ2v) is 7.55. The van der Waals surface area contributed by atoms with Gasteiger partial charge >= 0.3 is 0 Å². The molecule has 1 aliphatic rings. The molecule has 1 aromatic carbocycles. The number of hydrogen-bond donors (Lipinski definition) is 1. The molecule has 28 heavy (non-hydrogen) atoms. The van der Waals surface area contributed by atoms with Crippen molar-refractivity contribution in [3.8, 4) is 0 Å². The van der Waals surface area contributed by atoms with Gasteiger partial charge in [0.1, 0.15) is 17.4 Å². The fourth-order valence-electron chi connectivity index (χ4n) is 3.87. The standard InChI is InChI=1S/C22H26N4O2/c1-14-15(2)28-22-19(14)20(24-16(3)25-22)26-11-7-10-18(13-26)21(27)23-12-17-8-5-4-6-9-17/h4-6,8-9,18H,7,10-13H2,1-3H3,(H,23,27)/t18-/m0/s1. The van der Waals surface area contributed by atoms with Gasteiger partial charge in [-0.3, -0.25) is 4.79 Å². The number of benzene rings is 1. The van der Waals surface area contributed by atoms with Gasteiger partial charge in [0.2, 0.25) is 11.6 Å².